The highest BCUT2D eigenvalue weighted by atomic mass is 16.2. The molecule has 0 fully saturated rings. The molecule has 0 atom stereocenters. The second kappa shape index (κ2) is 11.4. The van der Waals surface area contributed by atoms with Gasteiger partial charge in [0, 0.05) is 6.61 Å². The zero-order valence-corrected chi connectivity index (χ0v) is 8.71. The fourth-order valence-corrected chi connectivity index (χ4v) is 1.05. The van der Waals surface area contributed by atoms with E-state index in [1.807, 2.05) is 0 Å². The minimum Gasteiger partial charge on any atom is -0.396 e. The van der Waals surface area contributed by atoms with Crippen LogP contribution in [0, 0.1) is 0 Å². The molecule has 0 saturated carbocycles. The van der Waals surface area contributed by atoms with Gasteiger partial charge in [0.2, 0.25) is 0 Å². The Morgan fingerprint density at radius 2 is 1.54 bits per heavy atom. The van der Waals surface area contributed by atoms with Gasteiger partial charge in [-0.25, -0.2) is 0 Å². The van der Waals surface area contributed by atoms with E-state index in [0.29, 0.717) is 6.61 Å². The standard InChI is InChI=1S/C12H22O/c1-2-3-4-5-6-7-8-9-10-11-12-13/h5-8,13H,2-4,9-12H2,1H3/b6-5+,8-7?. The number of allylic oxidation sites excluding steroid dienone is 4. The molecular weight excluding hydrogens is 160 g/mol. The summed E-state index contributed by atoms with van der Waals surface area (Å²) in [5.74, 6) is 0. The largest absolute Gasteiger partial charge is 0.396 e. The van der Waals surface area contributed by atoms with E-state index in [1.54, 1.807) is 0 Å². The molecule has 0 bridgehead atoms. The van der Waals surface area contributed by atoms with E-state index in [-0.39, 0.29) is 0 Å². The fourth-order valence-electron chi connectivity index (χ4n) is 1.05. The number of rotatable bonds is 8. The van der Waals surface area contributed by atoms with Crippen molar-refractivity contribution in [2.75, 3.05) is 6.61 Å². The van der Waals surface area contributed by atoms with Gasteiger partial charge in [-0.2, -0.15) is 0 Å². The minimum absolute atomic E-state index is 0.320. The third kappa shape index (κ3) is 11.4. The van der Waals surface area contributed by atoms with Crippen LogP contribution in [-0.4, -0.2) is 11.7 Å². The van der Waals surface area contributed by atoms with E-state index < -0.39 is 0 Å². The van der Waals surface area contributed by atoms with E-state index in [4.69, 9.17) is 5.11 Å². The van der Waals surface area contributed by atoms with Gasteiger partial charge in [-0.1, -0.05) is 44.1 Å². The summed E-state index contributed by atoms with van der Waals surface area (Å²) in [6.45, 7) is 2.53. The smallest absolute Gasteiger partial charge is 0.0431 e. The molecule has 0 saturated heterocycles. The summed E-state index contributed by atoms with van der Waals surface area (Å²) in [6.07, 6.45) is 15.4. The monoisotopic (exact) mass is 182 g/mol. The predicted molar refractivity (Wildman–Crippen MR) is 58.7 cm³/mol. The van der Waals surface area contributed by atoms with Crippen molar-refractivity contribution in [2.24, 2.45) is 0 Å². The lowest BCUT2D eigenvalue weighted by Crippen LogP contribution is -1.79. The molecule has 0 unspecified atom stereocenters. The quantitative estimate of drug-likeness (QED) is 0.450. The SMILES string of the molecule is CCCC/C=C/C=CCCCCO. The van der Waals surface area contributed by atoms with Crippen molar-refractivity contribution in [3.8, 4) is 0 Å². The maximum atomic E-state index is 8.53. The maximum absolute atomic E-state index is 8.53. The first-order valence-electron chi connectivity index (χ1n) is 5.34. The van der Waals surface area contributed by atoms with Crippen LogP contribution in [-0.2, 0) is 0 Å². The van der Waals surface area contributed by atoms with E-state index in [2.05, 4.69) is 31.2 Å². The Morgan fingerprint density at radius 3 is 2.08 bits per heavy atom. The first kappa shape index (κ1) is 12.4. The normalized spacial score (nSPS) is 11.8. The molecule has 0 rings (SSSR count). The summed E-state index contributed by atoms with van der Waals surface area (Å²) in [7, 11) is 0. The van der Waals surface area contributed by atoms with Crippen molar-refractivity contribution in [2.45, 2.75) is 45.4 Å². The lowest BCUT2D eigenvalue weighted by molar-refractivity contribution is 0.285. The molecule has 0 aliphatic carbocycles. The number of hydrogen-bond donors (Lipinski definition) is 1. The maximum Gasteiger partial charge on any atom is 0.0431 e. The zero-order valence-electron chi connectivity index (χ0n) is 8.71. The first-order valence-corrected chi connectivity index (χ1v) is 5.34. The fraction of sp³-hybridized carbons (Fsp3) is 0.667. The molecule has 0 heterocycles. The molecule has 76 valence electrons. The molecule has 0 aromatic carbocycles. The van der Waals surface area contributed by atoms with Crippen LogP contribution in [0.1, 0.15) is 45.4 Å². The van der Waals surface area contributed by atoms with Crippen molar-refractivity contribution in [1.82, 2.24) is 0 Å². The van der Waals surface area contributed by atoms with Crippen molar-refractivity contribution in [3.63, 3.8) is 0 Å². The number of aliphatic hydroxyl groups is 1. The Hall–Kier alpha value is -0.560. The van der Waals surface area contributed by atoms with Gasteiger partial charge >= 0.3 is 0 Å². The van der Waals surface area contributed by atoms with Gasteiger partial charge in [0.25, 0.3) is 0 Å². The Bertz CT molecular complexity index is 136. The van der Waals surface area contributed by atoms with Crippen LogP contribution >= 0.6 is 0 Å². The molecule has 1 heteroatoms. The van der Waals surface area contributed by atoms with Crippen LogP contribution in [0.15, 0.2) is 24.3 Å². The molecule has 1 N–H and O–H groups in total. The van der Waals surface area contributed by atoms with Gasteiger partial charge in [0.15, 0.2) is 0 Å². The first-order chi connectivity index (χ1) is 6.41. The van der Waals surface area contributed by atoms with Crippen LogP contribution in [0.4, 0.5) is 0 Å². The van der Waals surface area contributed by atoms with Crippen molar-refractivity contribution >= 4 is 0 Å². The lowest BCUT2D eigenvalue weighted by Gasteiger charge is -1.89. The molecule has 0 amide bonds. The molecule has 0 radical (unpaired) electrons. The van der Waals surface area contributed by atoms with E-state index >= 15 is 0 Å². The zero-order chi connectivity index (χ0) is 9.78. The Morgan fingerprint density at radius 1 is 0.923 bits per heavy atom. The molecule has 13 heavy (non-hydrogen) atoms. The molecule has 0 aliphatic heterocycles. The highest BCUT2D eigenvalue weighted by Gasteiger charge is 1.80. The van der Waals surface area contributed by atoms with Gasteiger partial charge in [-0.3, -0.25) is 0 Å². The minimum atomic E-state index is 0.320. The number of unbranched alkanes of at least 4 members (excludes halogenated alkanes) is 4. The van der Waals surface area contributed by atoms with Gasteiger partial charge in [0.05, 0.1) is 0 Å². The Balaban J connectivity index is 3.15. The highest BCUT2D eigenvalue weighted by Crippen LogP contribution is 1.97. The third-order valence-corrected chi connectivity index (χ3v) is 1.89. The second-order valence-electron chi connectivity index (χ2n) is 3.22. The van der Waals surface area contributed by atoms with Crippen LogP contribution in [0.2, 0.25) is 0 Å². The molecule has 0 aliphatic rings. The average Bonchev–Trinajstić information content (AvgIpc) is 2.16. The Kier molecular flexibility index (Phi) is 10.9. The summed E-state index contributed by atoms with van der Waals surface area (Å²) in [4.78, 5) is 0. The molecule has 0 aromatic heterocycles. The topological polar surface area (TPSA) is 20.2 Å². The van der Waals surface area contributed by atoms with Crippen molar-refractivity contribution in [1.29, 1.82) is 0 Å². The van der Waals surface area contributed by atoms with E-state index in [0.717, 1.165) is 19.3 Å². The third-order valence-electron chi connectivity index (χ3n) is 1.89. The van der Waals surface area contributed by atoms with Gasteiger partial charge in [-0.05, 0) is 25.7 Å². The van der Waals surface area contributed by atoms with Gasteiger partial charge in [0.1, 0.15) is 0 Å². The summed E-state index contributed by atoms with van der Waals surface area (Å²) >= 11 is 0. The molecular formula is C12H22O. The van der Waals surface area contributed by atoms with Gasteiger partial charge < -0.3 is 5.11 Å². The molecule has 0 spiro atoms. The van der Waals surface area contributed by atoms with Crippen LogP contribution in [0.3, 0.4) is 0 Å². The lowest BCUT2D eigenvalue weighted by atomic mass is 10.2. The van der Waals surface area contributed by atoms with Gasteiger partial charge in [-0.15, -0.1) is 0 Å². The van der Waals surface area contributed by atoms with E-state index in [1.165, 1.54) is 19.3 Å². The van der Waals surface area contributed by atoms with E-state index in [9.17, 15) is 0 Å². The second-order valence-corrected chi connectivity index (χ2v) is 3.22. The van der Waals surface area contributed by atoms with Crippen molar-refractivity contribution in [3.05, 3.63) is 24.3 Å². The number of hydrogen-bond acceptors (Lipinski definition) is 1. The molecule has 0 aromatic rings. The summed E-state index contributed by atoms with van der Waals surface area (Å²) < 4.78 is 0. The summed E-state index contributed by atoms with van der Waals surface area (Å²) in [5, 5.41) is 8.53. The number of aliphatic hydroxyl groups excluding tert-OH is 1. The summed E-state index contributed by atoms with van der Waals surface area (Å²) in [5.41, 5.74) is 0. The molecule has 1 nitrogen and oxygen atoms in total. The van der Waals surface area contributed by atoms with Crippen LogP contribution in [0.25, 0.3) is 0 Å². The van der Waals surface area contributed by atoms with Crippen LogP contribution in [0.5, 0.6) is 0 Å². The Labute approximate surface area is 82.2 Å². The summed E-state index contributed by atoms with van der Waals surface area (Å²) in [6, 6.07) is 0. The highest BCUT2D eigenvalue weighted by molar-refractivity contribution is 5.02. The van der Waals surface area contributed by atoms with Crippen LogP contribution < -0.4 is 0 Å². The van der Waals surface area contributed by atoms with Crippen molar-refractivity contribution < 1.29 is 5.11 Å². The average molecular weight is 182 g/mol. The predicted octanol–water partition coefficient (Wildman–Crippen LogP) is 3.45.